The molecule has 0 radical (unpaired) electrons. The molecule has 1 aromatic rings. The second-order valence-corrected chi connectivity index (χ2v) is 4.38. The number of carbonyl (C=O) groups is 1. The van der Waals surface area contributed by atoms with Crippen molar-refractivity contribution in [2.45, 2.75) is 19.5 Å². The standard InChI is InChI=1S/C14H20N2O2/c1-2-13(17)15-14(12-6-4-3-5-7-12)16-8-10-18-11-9-16/h3-7,14H,2,8-11H2,1H3,(H,15,17). The molecule has 0 bridgehead atoms. The van der Waals surface area contributed by atoms with Gasteiger partial charge in [-0.05, 0) is 5.56 Å². The minimum Gasteiger partial charge on any atom is -0.379 e. The van der Waals surface area contributed by atoms with E-state index in [2.05, 4.69) is 22.3 Å². The number of hydrogen-bond acceptors (Lipinski definition) is 3. The van der Waals surface area contributed by atoms with Gasteiger partial charge in [0, 0.05) is 19.5 Å². The fourth-order valence-corrected chi connectivity index (χ4v) is 2.11. The van der Waals surface area contributed by atoms with E-state index in [4.69, 9.17) is 4.74 Å². The Morgan fingerprint density at radius 2 is 2.00 bits per heavy atom. The Kier molecular flexibility index (Phi) is 4.73. The molecule has 1 atom stereocenters. The van der Waals surface area contributed by atoms with Gasteiger partial charge in [0.05, 0.1) is 13.2 Å². The highest BCUT2D eigenvalue weighted by molar-refractivity contribution is 5.76. The molecule has 1 aliphatic heterocycles. The first kappa shape index (κ1) is 13.1. The third-order valence-corrected chi connectivity index (χ3v) is 3.14. The van der Waals surface area contributed by atoms with E-state index in [0.717, 1.165) is 31.9 Å². The van der Waals surface area contributed by atoms with Crippen molar-refractivity contribution in [3.8, 4) is 0 Å². The lowest BCUT2D eigenvalue weighted by molar-refractivity contribution is -0.123. The summed E-state index contributed by atoms with van der Waals surface area (Å²) in [5.74, 6) is 0.0790. The van der Waals surface area contributed by atoms with Crippen molar-refractivity contribution in [3.63, 3.8) is 0 Å². The molecule has 0 aliphatic carbocycles. The second-order valence-electron chi connectivity index (χ2n) is 4.38. The van der Waals surface area contributed by atoms with Crippen LogP contribution in [0.15, 0.2) is 30.3 Å². The number of nitrogens with one attached hydrogen (secondary N) is 1. The van der Waals surface area contributed by atoms with Crippen molar-refractivity contribution in [2.75, 3.05) is 26.3 Å². The highest BCUT2D eigenvalue weighted by atomic mass is 16.5. The molecule has 1 N–H and O–H groups in total. The Morgan fingerprint density at radius 3 is 2.61 bits per heavy atom. The lowest BCUT2D eigenvalue weighted by Crippen LogP contribution is -2.46. The number of ether oxygens (including phenoxy) is 1. The van der Waals surface area contributed by atoms with E-state index >= 15 is 0 Å². The first-order valence-corrected chi connectivity index (χ1v) is 6.47. The first-order chi connectivity index (χ1) is 8.81. The van der Waals surface area contributed by atoms with Gasteiger partial charge in [0.2, 0.25) is 5.91 Å². The van der Waals surface area contributed by atoms with E-state index in [-0.39, 0.29) is 12.1 Å². The molecule has 0 spiro atoms. The SMILES string of the molecule is CCC(=O)NC(c1ccccc1)N1CCOCC1. The molecule has 98 valence electrons. The van der Waals surface area contributed by atoms with Crippen molar-refractivity contribution in [3.05, 3.63) is 35.9 Å². The number of rotatable bonds is 4. The molecule has 1 aliphatic rings. The third-order valence-electron chi connectivity index (χ3n) is 3.14. The van der Waals surface area contributed by atoms with Crippen LogP contribution in [0, 0.1) is 0 Å². The predicted octanol–water partition coefficient (Wildman–Crippen LogP) is 1.54. The number of nitrogens with zero attached hydrogens (tertiary/aromatic N) is 1. The Balaban J connectivity index is 2.14. The van der Waals surface area contributed by atoms with E-state index in [9.17, 15) is 4.79 Å². The van der Waals surface area contributed by atoms with Crippen LogP contribution in [0.1, 0.15) is 25.1 Å². The Bertz CT molecular complexity index is 375. The predicted molar refractivity (Wildman–Crippen MR) is 70.0 cm³/mol. The maximum atomic E-state index is 11.7. The van der Waals surface area contributed by atoms with Crippen molar-refractivity contribution >= 4 is 5.91 Å². The number of amides is 1. The second kappa shape index (κ2) is 6.52. The third kappa shape index (κ3) is 3.31. The minimum atomic E-state index is -0.0393. The van der Waals surface area contributed by atoms with Crippen molar-refractivity contribution in [1.29, 1.82) is 0 Å². The molecule has 1 heterocycles. The lowest BCUT2D eigenvalue weighted by Gasteiger charge is -2.35. The fraction of sp³-hybridized carbons (Fsp3) is 0.500. The van der Waals surface area contributed by atoms with Crippen LogP contribution in [0.3, 0.4) is 0 Å². The molecular formula is C14H20N2O2. The highest BCUT2D eigenvalue weighted by Crippen LogP contribution is 2.19. The molecule has 0 aromatic heterocycles. The molecule has 1 amide bonds. The number of benzene rings is 1. The fourth-order valence-electron chi connectivity index (χ4n) is 2.11. The van der Waals surface area contributed by atoms with Gasteiger partial charge in [-0.1, -0.05) is 37.3 Å². The quantitative estimate of drug-likeness (QED) is 0.879. The molecule has 1 fully saturated rings. The van der Waals surface area contributed by atoms with E-state index < -0.39 is 0 Å². The Labute approximate surface area is 108 Å². The van der Waals surface area contributed by atoms with Crippen LogP contribution < -0.4 is 5.32 Å². The monoisotopic (exact) mass is 248 g/mol. The molecule has 1 aromatic carbocycles. The summed E-state index contributed by atoms with van der Waals surface area (Å²) in [6.45, 7) is 5.03. The van der Waals surface area contributed by atoms with Crippen LogP contribution in [0.5, 0.6) is 0 Å². The zero-order valence-corrected chi connectivity index (χ0v) is 10.8. The summed E-state index contributed by atoms with van der Waals surface area (Å²) >= 11 is 0. The topological polar surface area (TPSA) is 41.6 Å². The molecule has 1 unspecified atom stereocenters. The van der Waals surface area contributed by atoms with Gasteiger partial charge in [0.1, 0.15) is 6.17 Å². The largest absolute Gasteiger partial charge is 0.379 e. The number of carbonyl (C=O) groups excluding carboxylic acids is 1. The molecule has 0 saturated carbocycles. The molecular weight excluding hydrogens is 228 g/mol. The molecule has 18 heavy (non-hydrogen) atoms. The van der Waals surface area contributed by atoms with Gasteiger partial charge in [0.25, 0.3) is 0 Å². The molecule has 4 heteroatoms. The summed E-state index contributed by atoms with van der Waals surface area (Å²) in [4.78, 5) is 13.9. The Morgan fingerprint density at radius 1 is 1.33 bits per heavy atom. The maximum absolute atomic E-state index is 11.7. The van der Waals surface area contributed by atoms with Crippen LogP contribution >= 0.6 is 0 Å². The van der Waals surface area contributed by atoms with Crippen LogP contribution in [0.2, 0.25) is 0 Å². The summed E-state index contributed by atoms with van der Waals surface area (Å²) in [7, 11) is 0. The zero-order chi connectivity index (χ0) is 12.8. The average Bonchev–Trinajstić information content (AvgIpc) is 2.46. The van der Waals surface area contributed by atoms with Gasteiger partial charge in [-0.2, -0.15) is 0 Å². The number of morpholine rings is 1. The van der Waals surface area contributed by atoms with Gasteiger partial charge in [-0.3, -0.25) is 9.69 Å². The van der Waals surface area contributed by atoms with Gasteiger partial charge in [0.15, 0.2) is 0 Å². The minimum absolute atomic E-state index is 0.0393. The van der Waals surface area contributed by atoms with E-state index in [1.807, 2.05) is 25.1 Å². The van der Waals surface area contributed by atoms with Crippen LogP contribution in [-0.2, 0) is 9.53 Å². The Hall–Kier alpha value is -1.39. The molecule has 2 rings (SSSR count). The number of hydrogen-bond donors (Lipinski definition) is 1. The molecule has 4 nitrogen and oxygen atoms in total. The van der Waals surface area contributed by atoms with Crippen molar-refractivity contribution in [1.82, 2.24) is 10.2 Å². The van der Waals surface area contributed by atoms with Gasteiger partial charge in [-0.25, -0.2) is 0 Å². The first-order valence-electron chi connectivity index (χ1n) is 6.47. The maximum Gasteiger partial charge on any atom is 0.221 e. The normalized spacial score (nSPS) is 18.3. The van der Waals surface area contributed by atoms with Gasteiger partial charge < -0.3 is 10.1 Å². The van der Waals surface area contributed by atoms with Crippen LogP contribution in [0.25, 0.3) is 0 Å². The summed E-state index contributed by atoms with van der Waals surface area (Å²) in [5, 5.41) is 3.08. The highest BCUT2D eigenvalue weighted by Gasteiger charge is 2.23. The smallest absolute Gasteiger partial charge is 0.221 e. The summed E-state index contributed by atoms with van der Waals surface area (Å²) in [6, 6.07) is 10.1. The van der Waals surface area contributed by atoms with Gasteiger partial charge in [-0.15, -0.1) is 0 Å². The average molecular weight is 248 g/mol. The van der Waals surface area contributed by atoms with Crippen LogP contribution in [-0.4, -0.2) is 37.1 Å². The molecule has 1 saturated heterocycles. The zero-order valence-electron chi connectivity index (χ0n) is 10.8. The van der Waals surface area contributed by atoms with Crippen molar-refractivity contribution in [2.24, 2.45) is 0 Å². The van der Waals surface area contributed by atoms with Crippen LogP contribution in [0.4, 0.5) is 0 Å². The summed E-state index contributed by atoms with van der Waals surface area (Å²) in [5.41, 5.74) is 1.13. The van der Waals surface area contributed by atoms with E-state index in [1.165, 1.54) is 0 Å². The van der Waals surface area contributed by atoms with Crippen molar-refractivity contribution < 1.29 is 9.53 Å². The summed E-state index contributed by atoms with van der Waals surface area (Å²) < 4.78 is 5.36. The van der Waals surface area contributed by atoms with E-state index in [0.29, 0.717) is 6.42 Å². The van der Waals surface area contributed by atoms with Gasteiger partial charge >= 0.3 is 0 Å². The van der Waals surface area contributed by atoms with E-state index in [1.54, 1.807) is 0 Å². The summed E-state index contributed by atoms with van der Waals surface area (Å²) in [6.07, 6.45) is 0.468. The lowest BCUT2D eigenvalue weighted by atomic mass is 10.1.